The summed E-state index contributed by atoms with van der Waals surface area (Å²) in [6.45, 7) is 0. The van der Waals surface area contributed by atoms with Crippen LogP contribution in [0.5, 0.6) is 10.4 Å². The van der Waals surface area contributed by atoms with Crippen molar-refractivity contribution < 1.29 is 19.1 Å². The van der Waals surface area contributed by atoms with E-state index < -0.39 is 0 Å². The molecule has 1 saturated carbocycles. The van der Waals surface area contributed by atoms with Gasteiger partial charge in [-0.25, -0.2) is 9.97 Å². The van der Waals surface area contributed by atoms with Gasteiger partial charge in [0.25, 0.3) is 10.4 Å². The van der Waals surface area contributed by atoms with Crippen LogP contribution in [-0.4, -0.2) is 56.4 Å². The minimum absolute atomic E-state index is 0.147. The van der Waals surface area contributed by atoms with Crippen LogP contribution in [0.25, 0.3) is 0 Å². The molecule has 2 atom stereocenters. The molecule has 0 bridgehead atoms. The highest BCUT2D eigenvalue weighted by atomic mass is 32.1. The Kier molecular flexibility index (Phi) is 8.51. The highest BCUT2D eigenvalue weighted by molar-refractivity contribution is 7.16. The highest BCUT2D eigenvalue weighted by Crippen LogP contribution is 2.43. The average molecular weight is 593 g/mol. The molecular weight excluding hydrogens is 569 g/mol. The second kappa shape index (κ2) is 12.2. The first kappa shape index (κ1) is 26.5. The smallest absolute Gasteiger partial charge is 0.273 e. The summed E-state index contributed by atoms with van der Waals surface area (Å²) in [7, 11) is 3.10. The maximum absolute atomic E-state index is 12.4. The van der Waals surface area contributed by atoms with Gasteiger partial charge in [0.2, 0.25) is 22.1 Å². The quantitative estimate of drug-likeness (QED) is 0.275. The maximum Gasteiger partial charge on any atom is 0.273 e. The van der Waals surface area contributed by atoms with Gasteiger partial charge in [0.15, 0.2) is 0 Å². The third-order valence-electron chi connectivity index (χ3n) is 5.84. The zero-order chi connectivity index (χ0) is 26.5. The van der Waals surface area contributed by atoms with Gasteiger partial charge in [-0.1, -0.05) is 51.8 Å². The van der Waals surface area contributed by atoms with Crippen molar-refractivity contribution in [2.24, 2.45) is 0 Å². The lowest BCUT2D eigenvalue weighted by Crippen LogP contribution is -2.14. The Hall–Kier alpha value is -3.08. The van der Waals surface area contributed by atoms with Gasteiger partial charge in [-0.2, -0.15) is 0 Å². The molecule has 1 fully saturated rings. The van der Waals surface area contributed by atoms with Gasteiger partial charge in [0.1, 0.15) is 10.0 Å². The van der Waals surface area contributed by atoms with Crippen molar-refractivity contribution in [2.45, 2.75) is 50.4 Å². The summed E-state index contributed by atoms with van der Waals surface area (Å²) >= 11 is 5.51. The van der Waals surface area contributed by atoms with Gasteiger partial charge in [0.05, 0.1) is 38.4 Å². The summed E-state index contributed by atoms with van der Waals surface area (Å²) in [6.07, 6.45) is 4.17. The topological polar surface area (TPSA) is 154 Å². The number of amides is 2. The van der Waals surface area contributed by atoms with Crippen LogP contribution in [0, 0.1) is 0 Å². The van der Waals surface area contributed by atoms with E-state index in [1.807, 2.05) is 0 Å². The standard InChI is InChI=1S/C22H24N8O4S4/c1-33-21-23-13(9-35-21)7-15(31)25-19-29-27-17(37-19)11-4-3-5-12(6-11)18-28-30-20(38-18)26-16(32)8-14-10-36-22(24-14)34-2/h9-12H,3-8H2,1-2H3,(H,25,29,31)(H,26,30,32)/t11-,12-/m0/s1. The number of rotatable bonds is 10. The van der Waals surface area contributed by atoms with E-state index in [0.29, 0.717) is 32.0 Å². The summed E-state index contributed by atoms with van der Waals surface area (Å²) in [4.78, 5) is 33.3. The largest absolute Gasteiger partial charge is 0.473 e. The van der Waals surface area contributed by atoms with E-state index in [1.54, 1.807) is 25.0 Å². The van der Waals surface area contributed by atoms with Crippen molar-refractivity contribution in [3.8, 4) is 10.4 Å². The number of nitrogens with one attached hydrogen (secondary N) is 2. The van der Waals surface area contributed by atoms with Crippen LogP contribution in [0.1, 0.15) is 58.9 Å². The normalized spacial score (nSPS) is 17.2. The van der Waals surface area contributed by atoms with Gasteiger partial charge in [-0.3, -0.25) is 9.59 Å². The van der Waals surface area contributed by atoms with E-state index in [2.05, 4.69) is 41.0 Å². The van der Waals surface area contributed by atoms with Crippen molar-refractivity contribution >= 4 is 67.4 Å². The molecule has 2 N–H and O–H groups in total. The first-order valence-corrected chi connectivity index (χ1v) is 15.1. The molecular formula is C22H24N8O4S4. The molecule has 4 heterocycles. The fourth-order valence-corrected chi connectivity index (χ4v) is 7.21. The zero-order valence-corrected chi connectivity index (χ0v) is 23.8. The predicted octanol–water partition coefficient (Wildman–Crippen LogP) is 4.12. The van der Waals surface area contributed by atoms with Gasteiger partial charge in [0, 0.05) is 22.6 Å². The van der Waals surface area contributed by atoms with E-state index in [9.17, 15) is 9.59 Å². The van der Waals surface area contributed by atoms with E-state index in [1.165, 1.54) is 45.3 Å². The van der Waals surface area contributed by atoms with E-state index in [0.717, 1.165) is 35.7 Å². The van der Waals surface area contributed by atoms with E-state index in [-0.39, 0.29) is 36.5 Å². The summed E-state index contributed by atoms with van der Waals surface area (Å²) in [5.41, 5.74) is 1.31. The molecule has 16 heteroatoms. The number of methoxy groups -OCH3 is 2. The second-order valence-corrected chi connectivity index (χ2v) is 12.2. The van der Waals surface area contributed by atoms with Crippen LogP contribution in [0.3, 0.4) is 0 Å². The molecule has 0 radical (unpaired) electrons. The number of ether oxygens (including phenoxy) is 2. The van der Waals surface area contributed by atoms with Gasteiger partial charge < -0.3 is 20.1 Å². The first-order chi connectivity index (χ1) is 18.5. The Bertz CT molecular complexity index is 1300. The van der Waals surface area contributed by atoms with Crippen molar-refractivity contribution in [1.82, 2.24) is 30.4 Å². The van der Waals surface area contributed by atoms with Crippen molar-refractivity contribution in [3.05, 3.63) is 32.2 Å². The Morgan fingerprint density at radius 1 is 0.816 bits per heavy atom. The van der Waals surface area contributed by atoms with Crippen LogP contribution < -0.4 is 20.1 Å². The number of anilines is 2. The van der Waals surface area contributed by atoms with Crippen molar-refractivity contribution in [1.29, 1.82) is 0 Å². The molecule has 0 spiro atoms. The van der Waals surface area contributed by atoms with E-state index >= 15 is 0 Å². The predicted molar refractivity (Wildman–Crippen MR) is 146 cm³/mol. The number of carbonyl (C=O) groups excluding carboxylic acids is 2. The molecule has 0 unspecified atom stereocenters. The third-order valence-corrected chi connectivity index (χ3v) is 9.54. The Labute approximate surface area is 233 Å². The van der Waals surface area contributed by atoms with Crippen molar-refractivity contribution in [2.75, 3.05) is 24.9 Å². The summed E-state index contributed by atoms with van der Waals surface area (Å²) in [5, 5.41) is 30.1. The molecule has 4 aromatic rings. The lowest BCUT2D eigenvalue weighted by Gasteiger charge is -2.25. The Morgan fingerprint density at radius 3 is 1.71 bits per heavy atom. The number of nitrogens with zero attached hydrogens (tertiary/aromatic N) is 6. The Morgan fingerprint density at radius 2 is 1.29 bits per heavy atom. The number of hydrogen-bond donors (Lipinski definition) is 2. The second-order valence-electron chi connectivity index (χ2n) is 8.52. The van der Waals surface area contributed by atoms with Crippen LogP contribution in [0.15, 0.2) is 10.8 Å². The van der Waals surface area contributed by atoms with Crippen LogP contribution in [0.2, 0.25) is 0 Å². The lowest BCUT2D eigenvalue weighted by atomic mass is 9.82. The van der Waals surface area contributed by atoms with Crippen LogP contribution in [-0.2, 0) is 22.4 Å². The van der Waals surface area contributed by atoms with Crippen LogP contribution >= 0.6 is 45.3 Å². The van der Waals surface area contributed by atoms with Gasteiger partial charge in [-0.15, -0.1) is 20.4 Å². The first-order valence-electron chi connectivity index (χ1n) is 11.7. The molecule has 0 aliphatic heterocycles. The number of carbonyl (C=O) groups is 2. The zero-order valence-electron chi connectivity index (χ0n) is 20.5. The minimum atomic E-state index is -0.195. The molecule has 2 amide bonds. The highest BCUT2D eigenvalue weighted by Gasteiger charge is 2.29. The summed E-state index contributed by atoms with van der Waals surface area (Å²) in [6, 6.07) is 0. The Balaban J connectivity index is 1.14. The fourth-order valence-electron chi connectivity index (χ4n) is 4.12. The summed E-state index contributed by atoms with van der Waals surface area (Å²) < 4.78 is 10.1. The average Bonchev–Trinajstić information content (AvgIpc) is 3.72. The molecule has 1 aliphatic rings. The number of thiazole rings is 2. The summed E-state index contributed by atoms with van der Waals surface area (Å²) in [5.74, 6) is 0.0571. The maximum atomic E-state index is 12.4. The molecule has 12 nitrogen and oxygen atoms in total. The SMILES string of the molecule is COc1nc(CC(=O)Nc2nnc([C@H]3CCC[C@H](c4nnc(NC(=O)Cc5csc(OC)n5)s4)C3)s2)cs1. The number of aromatic nitrogens is 6. The molecule has 0 aromatic carbocycles. The molecule has 5 rings (SSSR count). The lowest BCUT2D eigenvalue weighted by molar-refractivity contribution is -0.116. The monoisotopic (exact) mass is 592 g/mol. The molecule has 200 valence electrons. The molecule has 38 heavy (non-hydrogen) atoms. The van der Waals surface area contributed by atoms with Crippen molar-refractivity contribution in [3.63, 3.8) is 0 Å². The van der Waals surface area contributed by atoms with E-state index in [4.69, 9.17) is 9.47 Å². The number of hydrogen-bond acceptors (Lipinski definition) is 14. The fraction of sp³-hybridized carbons (Fsp3) is 0.455. The van der Waals surface area contributed by atoms with Gasteiger partial charge in [-0.05, 0) is 19.3 Å². The third kappa shape index (κ3) is 6.67. The van der Waals surface area contributed by atoms with Gasteiger partial charge >= 0.3 is 0 Å². The molecule has 1 aliphatic carbocycles. The molecule has 4 aromatic heterocycles. The van der Waals surface area contributed by atoms with Crippen LogP contribution in [0.4, 0.5) is 10.3 Å². The minimum Gasteiger partial charge on any atom is -0.473 e. The molecule has 0 saturated heterocycles.